The molecule has 3 aliphatic rings. The number of alkyl halides is 4. The summed E-state index contributed by atoms with van der Waals surface area (Å²) in [5.74, 6) is 0.355. The largest absolute Gasteiger partial charge is 0.433 e. The molecule has 2 aliphatic heterocycles. The van der Waals surface area contributed by atoms with Crippen LogP contribution in [0.15, 0.2) is 30.5 Å². The van der Waals surface area contributed by atoms with Crippen molar-refractivity contribution in [3.63, 3.8) is 0 Å². The van der Waals surface area contributed by atoms with Crippen molar-refractivity contribution in [2.75, 3.05) is 13.2 Å². The zero-order valence-electron chi connectivity index (χ0n) is 20.0. The first-order valence-corrected chi connectivity index (χ1v) is 13.3. The molecule has 0 spiro atoms. The number of carbonyl (C=O) groups is 3. The highest BCUT2D eigenvalue weighted by Gasteiger charge is 2.49. The molecular formula is C25H27ClF3N3O4S. The maximum absolute atomic E-state index is 12.6. The lowest BCUT2D eigenvalue weighted by Crippen LogP contribution is -2.36. The predicted molar refractivity (Wildman–Crippen MR) is 132 cm³/mol. The lowest BCUT2D eigenvalue weighted by molar-refractivity contribution is -0.141. The minimum absolute atomic E-state index is 0.0461. The number of nitrogens with zero attached hydrogens (tertiary/aromatic N) is 2. The van der Waals surface area contributed by atoms with Crippen LogP contribution in [0.1, 0.15) is 48.0 Å². The van der Waals surface area contributed by atoms with E-state index in [1.807, 2.05) is 6.92 Å². The smallest absolute Gasteiger partial charge is 0.366 e. The number of fused-ring (bicyclic) bond motifs is 1. The fourth-order valence-corrected chi connectivity index (χ4v) is 6.19. The molecule has 2 aromatic heterocycles. The third-order valence-corrected chi connectivity index (χ3v) is 8.45. The van der Waals surface area contributed by atoms with Gasteiger partial charge in [0.1, 0.15) is 24.4 Å². The molecule has 4 atom stereocenters. The molecule has 0 aromatic carbocycles. The van der Waals surface area contributed by atoms with E-state index in [0.29, 0.717) is 29.3 Å². The monoisotopic (exact) mass is 557 g/mol. The number of nitrogens with one attached hydrogen (secondary N) is 1. The van der Waals surface area contributed by atoms with Crippen LogP contribution < -0.4 is 5.32 Å². The Morgan fingerprint density at radius 2 is 2.00 bits per heavy atom. The van der Waals surface area contributed by atoms with Crippen molar-refractivity contribution >= 4 is 41.0 Å². The van der Waals surface area contributed by atoms with Gasteiger partial charge in [-0.15, -0.1) is 22.9 Å². The maximum atomic E-state index is 12.6. The SMILES string of the molecule is CC(NC(=O)c1ccc(-c2ccc(C(F)(F)F)nc2)s1)C1CCCC1.O=CN1C[C@H](Cl)C2OCC(=O)[C@H]21. The van der Waals surface area contributed by atoms with Gasteiger partial charge in [-0.1, -0.05) is 12.8 Å². The van der Waals surface area contributed by atoms with Gasteiger partial charge in [0.2, 0.25) is 6.41 Å². The predicted octanol–water partition coefficient (Wildman–Crippen LogP) is 4.54. The fraction of sp³-hybridized carbons (Fsp3) is 0.520. The normalized spacial score (nSPS) is 24.4. The van der Waals surface area contributed by atoms with E-state index in [0.717, 1.165) is 23.8 Å². The van der Waals surface area contributed by atoms with E-state index < -0.39 is 17.9 Å². The van der Waals surface area contributed by atoms with Crippen molar-refractivity contribution in [3.8, 4) is 10.4 Å². The molecule has 2 aromatic rings. The first-order valence-electron chi connectivity index (χ1n) is 12.0. The summed E-state index contributed by atoms with van der Waals surface area (Å²) >= 11 is 7.13. The van der Waals surface area contributed by atoms with Crippen molar-refractivity contribution in [3.05, 3.63) is 41.0 Å². The Kier molecular flexibility index (Phi) is 8.55. The molecule has 7 nitrogen and oxygen atoms in total. The molecule has 2 unspecified atom stereocenters. The molecule has 3 fully saturated rings. The van der Waals surface area contributed by atoms with Crippen LogP contribution in [0.25, 0.3) is 10.4 Å². The summed E-state index contributed by atoms with van der Waals surface area (Å²) in [6.45, 7) is 2.53. The van der Waals surface area contributed by atoms with Crippen molar-refractivity contribution in [1.29, 1.82) is 0 Å². The van der Waals surface area contributed by atoms with E-state index >= 15 is 0 Å². The number of ketones is 1. The van der Waals surface area contributed by atoms with Gasteiger partial charge >= 0.3 is 6.18 Å². The number of aromatic nitrogens is 1. The topological polar surface area (TPSA) is 88.6 Å². The highest BCUT2D eigenvalue weighted by molar-refractivity contribution is 7.17. The number of hydrogen-bond donors (Lipinski definition) is 1. The number of rotatable bonds is 5. The number of ether oxygens (including phenoxy) is 1. The Bertz CT molecular complexity index is 1120. The molecule has 2 amide bonds. The first-order chi connectivity index (χ1) is 17.6. The van der Waals surface area contributed by atoms with E-state index in [-0.39, 0.29) is 35.8 Å². The number of amides is 2. The molecule has 1 aliphatic carbocycles. The van der Waals surface area contributed by atoms with E-state index in [4.69, 9.17) is 16.3 Å². The van der Waals surface area contributed by atoms with Crippen molar-refractivity contribution < 1.29 is 32.3 Å². The quantitative estimate of drug-likeness (QED) is 0.431. The number of Topliss-reactive ketones (excluding diaryl/α,β-unsaturated/α-hetero) is 1. The molecule has 1 N–H and O–H groups in total. The summed E-state index contributed by atoms with van der Waals surface area (Å²) in [5, 5.41) is 2.80. The molecule has 37 heavy (non-hydrogen) atoms. The average molecular weight is 558 g/mol. The van der Waals surface area contributed by atoms with Gasteiger partial charge in [-0.05, 0) is 49.9 Å². The van der Waals surface area contributed by atoms with Crippen molar-refractivity contribution in [2.45, 2.75) is 62.3 Å². The second kappa shape index (κ2) is 11.5. The van der Waals surface area contributed by atoms with Gasteiger partial charge in [-0.3, -0.25) is 19.4 Å². The number of likely N-dealkylation sites (tertiary alicyclic amines) is 1. The van der Waals surface area contributed by atoms with Gasteiger partial charge in [0.15, 0.2) is 5.78 Å². The molecule has 200 valence electrons. The average Bonchev–Trinajstić information content (AvgIpc) is 3.66. The highest BCUT2D eigenvalue weighted by Crippen LogP contribution is 2.32. The van der Waals surface area contributed by atoms with Gasteiger partial charge < -0.3 is 15.0 Å². The Morgan fingerprint density at radius 3 is 2.62 bits per heavy atom. The summed E-state index contributed by atoms with van der Waals surface area (Å²) in [7, 11) is 0. The Labute approximate surface area is 221 Å². The second-order valence-corrected chi connectivity index (χ2v) is 11.0. The number of thiophene rings is 1. The van der Waals surface area contributed by atoms with Gasteiger partial charge in [-0.25, -0.2) is 0 Å². The second-order valence-electron chi connectivity index (χ2n) is 9.41. The van der Waals surface area contributed by atoms with Crippen LogP contribution in [0.4, 0.5) is 13.2 Å². The van der Waals surface area contributed by atoms with Gasteiger partial charge in [0, 0.05) is 29.2 Å². The number of hydrogen-bond acceptors (Lipinski definition) is 6. The Balaban J connectivity index is 0.000000222. The Hall–Kier alpha value is -2.50. The molecule has 2 saturated heterocycles. The molecule has 1 saturated carbocycles. The minimum Gasteiger partial charge on any atom is -0.366 e. The molecular weight excluding hydrogens is 531 g/mol. The molecule has 0 radical (unpaired) electrons. The van der Waals surface area contributed by atoms with Crippen LogP contribution in [-0.4, -0.2) is 64.7 Å². The zero-order chi connectivity index (χ0) is 26.7. The van der Waals surface area contributed by atoms with Gasteiger partial charge in [0.05, 0.1) is 10.3 Å². The van der Waals surface area contributed by atoms with Crippen molar-refractivity contribution in [2.24, 2.45) is 5.92 Å². The summed E-state index contributed by atoms with van der Waals surface area (Å²) in [4.78, 5) is 40.2. The lowest BCUT2D eigenvalue weighted by atomic mass is 10.00. The van der Waals surface area contributed by atoms with E-state index in [2.05, 4.69) is 10.3 Å². The minimum atomic E-state index is -4.45. The van der Waals surface area contributed by atoms with Gasteiger partial charge in [-0.2, -0.15) is 13.2 Å². The highest BCUT2D eigenvalue weighted by atomic mass is 35.5. The molecule has 5 rings (SSSR count). The van der Waals surface area contributed by atoms with Crippen LogP contribution in [-0.2, 0) is 20.5 Å². The van der Waals surface area contributed by atoms with Crippen molar-refractivity contribution in [1.82, 2.24) is 15.2 Å². The Morgan fingerprint density at radius 1 is 1.27 bits per heavy atom. The third-order valence-electron chi connectivity index (χ3n) is 6.93. The summed E-state index contributed by atoms with van der Waals surface area (Å²) in [5.41, 5.74) is -0.350. The zero-order valence-corrected chi connectivity index (χ0v) is 21.6. The van der Waals surface area contributed by atoms with Crippen LogP contribution in [0.3, 0.4) is 0 Å². The molecule has 4 heterocycles. The van der Waals surface area contributed by atoms with E-state index in [1.54, 1.807) is 12.1 Å². The summed E-state index contributed by atoms with van der Waals surface area (Å²) in [6.07, 6.45) is 1.84. The number of halogens is 4. The molecule has 12 heteroatoms. The van der Waals surface area contributed by atoms with Crippen LogP contribution in [0, 0.1) is 5.92 Å². The van der Waals surface area contributed by atoms with Crippen LogP contribution in [0.5, 0.6) is 0 Å². The summed E-state index contributed by atoms with van der Waals surface area (Å²) < 4.78 is 42.9. The van der Waals surface area contributed by atoms with E-state index in [9.17, 15) is 27.6 Å². The number of carbonyl (C=O) groups excluding carboxylic acids is 3. The third kappa shape index (κ3) is 6.32. The maximum Gasteiger partial charge on any atom is 0.433 e. The van der Waals surface area contributed by atoms with E-state index in [1.165, 1.54) is 41.3 Å². The van der Waals surface area contributed by atoms with Crippen LogP contribution >= 0.6 is 22.9 Å². The molecule has 0 bridgehead atoms. The first kappa shape index (κ1) is 27.5. The lowest BCUT2D eigenvalue weighted by Gasteiger charge is -2.19. The standard InChI is InChI=1S/C18H19F3N2OS.C7H8ClNO3/c1-11(12-4-2-3-5-12)23-17(24)15-8-7-14(25-15)13-6-9-16(22-10-13)18(19,20)21;8-4-1-9(3-10)6-5(11)2-12-7(4)6/h6-12H,2-5H2,1H3,(H,23,24);3-4,6-7H,1-2H2/t;4-,6+,7?/m.0/s1. The van der Waals surface area contributed by atoms with Gasteiger partial charge in [0.25, 0.3) is 5.91 Å². The number of pyridine rings is 1. The van der Waals surface area contributed by atoms with Crippen LogP contribution in [0.2, 0.25) is 0 Å². The summed E-state index contributed by atoms with van der Waals surface area (Å²) in [6, 6.07) is 5.48. The fourth-order valence-electron chi connectivity index (χ4n) is 4.92.